The van der Waals surface area contributed by atoms with E-state index in [0.717, 1.165) is 15.7 Å². The number of hydrogen-bond donors (Lipinski definition) is 3. The molecule has 1 aromatic heterocycles. The second-order valence-electron chi connectivity index (χ2n) is 4.29. The van der Waals surface area contributed by atoms with Crippen LogP contribution >= 0.6 is 22.9 Å². The van der Waals surface area contributed by atoms with Crippen molar-refractivity contribution in [2.45, 2.75) is 13.0 Å². The van der Waals surface area contributed by atoms with Crippen molar-refractivity contribution in [3.63, 3.8) is 0 Å². The SMILES string of the molecule is CNC(=O)Nc1ccc(NC(C)c2ccc(Cl)s2)cc1. The molecule has 106 valence electrons. The van der Waals surface area contributed by atoms with Gasteiger partial charge in [-0.2, -0.15) is 0 Å². The van der Waals surface area contributed by atoms with Gasteiger partial charge in [0.25, 0.3) is 0 Å². The molecule has 1 aromatic carbocycles. The van der Waals surface area contributed by atoms with Gasteiger partial charge in [-0.05, 0) is 43.3 Å². The van der Waals surface area contributed by atoms with Crippen LogP contribution in [0.1, 0.15) is 17.8 Å². The first kappa shape index (κ1) is 14.7. The largest absolute Gasteiger partial charge is 0.378 e. The number of carbonyl (C=O) groups is 1. The fourth-order valence-electron chi connectivity index (χ4n) is 1.73. The lowest BCUT2D eigenvalue weighted by Crippen LogP contribution is -2.24. The summed E-state index contributed by atoms with van der Waals surface area (Å²) in [4.78, 5) is 12.4. The van der Waals surface area contributed by atoms with Gasteiger partial charge in [0.15, 0.2) is 0 Å². The van der Waals surface area contributed by atoms with Crippen molar-refractivity contribution in [1.29, 1.82) is 0 Å². The molecule has 0 bridgehead atoms. The average Bonchev–Trinajstić information content (AvgIpc) is 2.87. The van der Waals surface area contributed by atoms with Gasteiger partial charge in [-0.3, -0.25) is 0 Å². The molecule has 2 amide bonds. The molecule has 0 fully saturated rings. The highest BCUT2D eigenvalue weighted by molar-refractivity contribution is 7.16. The maximum atomic E-state index is 11.2. The van der Waals surface area contributed by atoms with E-state index in [1.54, 1.807) is 18.4 Å². The lowest BCUT2D eigenvalue weighted by molar-refractivity contribution is 0.254. The van der Waals surface area contributed by atoms with E-state index in [4.69, 9.17) is 11.6 Å². The van der Waals surface area contributed by atoms with Crippen molar-refractivity contribution >= 4 is 40.3 Å². The minimum atomic E-state index is -0.229. The van der Waals surface area contributed by atoms with Gasteiger partial charge >= 0.3 is 6.03 Å². The summed E-state index contributed by atoms with van der Waals surface area (Å²) in [5.41, 5.74) is 1.74. The molecular weight excluding hydrogens is 294 g/mol. The Balaban J connectivity index is 1.98. The second kappa shape index (κ2) is 6.63. The van der Waals surface area contributed by atoms with Crippen LogP contribution < -0.4 is 16.0 Å². The first-order valence-corrected chi connectivity index (χ1v) is 7.38. The van der Waals surface area contributed by atoms with E-state index >= 15 is 0 Å². The molecule has 0 aliphatic heterocycles. The zero-order chi connectivity index (χ0) is 14.5. The molecule has 0 aliphatic rings. The molecule has 0 spiro atoms. The Morgan fingerprint density at radius 3 is 2.35 bits per heavy atom. The van der Waals surface area contributed by atoms with Gasteiger partial charge in [-0.1, -0.05) is 11.6 Å². The summed E-state index contributed by atoms with van der Waals surface area (Å²) < 4.78 is 0.791. The molecule has 0 radical (unpaired) electrons. The van der Waals surface area contributed by atoms with Crippen LogP contribution in [0.5, 0.6) is 0 Å². The molecule has 0 saturated heterocycles. The number of carbonyl (C=O) groups excluding carboxylic acids is 1. The zero-order valence-corrected chi connectivity index (χ0v) is 12.8. The topological polar surface area (TPSA) is 53.2 Å². The molecule has 20 heavy (non-hydrogen) atoms. The van der Waals surface area contributed by atoms with Crippen molar-refractivity contribution in [1.82, 2.24) is 5.32 Å². The van der Waals surface area contributed by atoms with Gasteiger partial charge in [0.2, 0.25) is 0 Å². The Labute approximate surface area is 127 Å². The summed E-state index contributed by atoms with van der Waals surface area (Å²) >= 11 is 7.50. The van der Waals surface area contributed by atoms with Crippen molar-refractivity contribution in [3.05, 3.63) is 45.6 Å². The van der Waals surface area contributed by atoms with Crippen LogP contribution in [0.15, 0.2) is 36.4 Å². The third kappa shape index (κ3) is 3.88. The lowest BCUT2D eigenvalue weighted by Gasteiger charge is -2.14. The summed E-state index contributed by atoms with van der Waals surface area (Å²) in [6, 6.07) is 11.4. The van der Waals surface area contributed by atoms with E-state index in [1.165, 1.54) is 4.88 Å². The number of amides is 2. The molecular formula is C14H16ClN3OS. The van der Waals surface area contributed by atoms with E-state index in [1.807, 2.05) is 36.4 Å². The number of thiophene rings is 1. The number of hydrogen-bond acceptors (Lipinski definition) is 3. The smallest absolute Gasteiger partial charge is 0.318 e. The van der Waals surface area contributed by atoms with E-state index in [-0.39, 0.29) is 12.1 Å². The fourth-order valence-corrected chi connectivity index (χ4v) is 2.79. The monoisotopic (exact) mass is 309 g/mol. The fraction of sp³-hybridized carbons (Fsp3) is 0.214. The van der Waals surface area contributed by atoms with Crippen LogP contribution in [-0.2, 0) is 0 Å². The number of rotatable bonds is 4. The summed E-state index contributed by atoms with van der Waals surface area (Å²) in [6.45, 7) is 2.08. The van der Waals surface area contributed by atoms with Crippen LogP contribution in [0.4, 0.5) is 16.2 Å². The van der Waals surface area contributed by atoms with Gasteiger partial charge in [0, 0.05) is 23.3 Å². The third-order valence-electron chi connectivity index (χ3n) is 2.77. The number of anilines is 2. The molecule has 1 unspecified atom stereocenters. The predicted molar refractivity (Wildman–Crippen MR) is 85.9 cm³/mol. The number of urea groups is 1. The highest BCUT2D eigenvalue weighted by Crippen LogP contribution is 2.29. The second-order valence-corrected chi connectivity index (χ2v) is 6.04. The van der Waals surface area contributed by atoms with Crippen LogP contribution in [0.25, 0.3) is 0 Å². The minimum absolute atomic E-state index is 0.185. The highest BCUT2D eigenvalue weighted by Gasteiger charge is 2.08. The van der Waals surface area contributed by atoms with Crippen molar-refractivity contribution in [3.8, 4) is 0 Å². The third-order valence-corrected chi connectivity index (χ3v) is 4.19. The van der Waals surface area contributed by atoms with Gasteiger partial charge < -0.3 is 16.0 Å². The maximum absolute atomic E-state index is 11.2. The summed E-state index contributed by atoms with van der Waals surface area (Å²) in [6.07, 6.45) is 0. The van der Waals surface area contributed by atoms with Crippen LogP contribution in [0, 0.1) is 0 Å². The minimum Gasteiger partial charge on any atom is -0.378 e. The normalized spacial score (nSPS) is 11.8. The lowest BCUT2D eigenvalue weighted by atomic mass is 10.2. The van der Waals surface area contributed by atoms with Gasteiger partial charge in [-0.15, -0.1) is 11.3 Å². The Hall–Kier alpha value is -1.72. The van der Waals surface area contributed by atoms with Crippen LogP contribution in [0.3, 0.4) is 0 Å². The summed E-state index contributed by atoms with van der Waals surface area (Å²) in [5, 5.41) is 8.61. The van der Waals surface area contributed by atoms with Gasteiger partial charge in [0.1, 0.15) is 0 Å². The molecule has 6 heteroatoms. The highest BCUT2D eigenvalue weighted by atomic mass is 35.5. The van der Waals surface area contributed by atoms with E-state index in [0.29, 0.717) is 0 Å². The Bertz CT molecular complexity index is 582. The van der Waals surface area contributed by atoms with Gasteiger partial charge in [0.05, 0.1) is 10.4 Å². The first-order valence-electron chi connectivity index (χ1n) is 6.19. The van der Waals surface area contributed by atoms with Crippen molar-refractivity contribution < 1.29 is 4.79 Å². The van der Waals surface area contributed by atoms with E-state index < -0.39 is 0 Å². The summed E-state index contributed by atoms with van der Waals surface area (Å²) in [7, 11) is 1.58. The molecule has 1 atom stereocenters. The zero-order valence-electron chi connectivity index (χ0n) is 11.2. The molecule has 0 aliphatic carbocycles. The first-order chi connectivity index (χ1) is 9.58. The Morgan fingerprint density at radius 2 is 1.80 bits per heavy atom. The summed E-state index contributed by atoms with van der Waals surface area (Å²) in [5.74, 6) is 0. The average molecular weight is 310 g/mol. The predicted octanol–water partition coefficient (Wildman–Crippen LogP) is 4.33. The molecule has 4 nitrogen and oxygen atoms in total. The molecule has 2 rings (SSSR count). The van der Waals surface area contributed by atoms with E-state index in [9.17, 15) is 4.79 Å². The number of halogens is 1. The van der Waals surface area contributed by atoms with E-state index in [2.05, 4.69) is 22.9 Å². The van der Waals surface area contributed by atoms with Gasteiger partial charge in [-0.25, -0.2) is 4.79 Å². The standard InChI is InChI=1S/C14H16ClN3OS/c1-9(12-7-8-13(15)20-12)17-10-3-5-11(6-4-10)18-14(19)16-2/h3-9,17H,1-2H3,(H2,16,18,19). The molecule has 1 heterocycles. The number of benzene rings is 1. The number of nitrogens with one attached hydrogen (secondary N) is 3. The van der Waals surface area contributed by atoms with Crippen molar-refractivity contribution in [2.75, 3.05) is 17.7 Å². The molecule has 3 N–H and O–H groups in total. The van der Waals surface area contributed by atoms with Crippen molar-refractivity contribution in [2.24, 2.45) is 0 Å². The Morgan fingerprint density at radius 1 is 1.15 bits per heavy atom. The quantitative estimate of drug-likeness (QED) is 0.787. The Kier molecular flexibility index (Phi) is 4.87. The maximum Gasteiger partial charge on any atom is 0.318 e. The van der Waals surface area contributed by atoms with Crippen LogP contribution in [0.2, 0.25) is 4.34 Å². The molecule has 0 saturated carbocycles. The van der Waals surface area contributed by atoms with Crippen LogP contribution in [-0.4, -0.2) is 13.1 Å². The molecule has 2 aromatic rings.